The molecule has 0 saturated heterocycles. The van der Waals surface area contributed by atoms with Gasteiger partial charge in [0, 0.05) is 0 Å². The van der Waals surface area contributed by atoms with Gasteiger partial charge in [0.25, 0.3) is 0 Å². The minimum atomic E-state index is -0.323. The summed E-state index contributed by atoms with van der Waals surface area (Å²) < 4.78 is 0. The van der Waals surface area contributed by atoms with Crippen molar-refractivity contribution in [2.75, 3.05) is 0 Å². The topological polar surface area (TPSA) is 20.2 Å². The Hall–Kier alpha value is -1.08. The molecule has 1 rings (SSSR count). The minimum Gasteiger partial charge on any atom is -0.388 e. The van der Waals surface area contributed by atoms with Crippen molar-refractivity contribution in [3.8, 4) is 0 Å². The third-order valence-corrected chi connectivity index (χ3v) is 2.66. The molecule has 0 aliphatic rings. The van der Waals surface area contributed by atoms with Crippen molar-refractivity contribution < 1.29 is 5.11 Å². The molecule has 0 spiro atoms. The number of benzene rings is 1. The molecular formula is C14H20O. The van der Waals surface area contributed by atoms with Crippen LogP contribution in [0.15, 0.2) is 36.9 Å². The molecule has 0 aromatic heterocycles. The van der Waals surface area contributed by atoms with E-state index in [0.29, 0.717) is 0 Å². The number of aliphatic hydroxyl groups is 1. The number of allylic oxidation sites excluding steroid dienone is 1. The standard InChI is InChI=1S/C14H20O/c1-3-5-6-7-14(15)13-10-8-12(4-2)9-11-13/h3,8-11,14-15H,1,4-7H2,2H3. The molecule has 0 amide bonds. The monoisotopic (exact) mass is 204 g/mol. The highest BCUT2D eigenvalue weighted by Gasteiger charge is 2.05. The molecule has 0 aliphatic heterocycles. The average molecular weight is 204 g/mol. The lowest BCUT2D eigenvalue weighted by atomic mass is 10.0. The Morgan fingerprint density at radius 1 is 1.33 bits per heavy atom. The minimum absolute atomic E-state index is 0.323. The Morgan fingerprint density at radius 2 is 2.00 bits per heavy atom. The Bertz CT molecular complexity index is 287. The Labute approximate surface area is 92.5 Å². The molecule has 1 aromatic carbocycles. The number of hydrogen-bond donors (Lipinski definition) is 1. The summed E-state index contributed by atoms with van der Waals surface area (Å²) in [5.74, 6) is 0. The van der Waals surface area contributed by atoms with Gasteiger partial charge in [0.2, 0.25) is 0 Å². The van der Waals surface area contributed by atoms with Crippen LogP contribution in [0.3, 0.4) is 0 Å². The molecule has 1 N–H and O–H groups in total. The van der Waals surface area contributed by atoms with Gasteiger partial charge in [-0.05, 0) is 36.8 Å². The summed E-state index contributed by atoms with van der Waals surface area (Å²) in [6, 6.07) is 8.23. The van der Waals surface area contributed by atoms with E-state index in [0.717, 1.165) is 31.2 Å². The van der Waals surface area contributed by atoms with Crippen molar-refractivity contribution in [1.82, 2.24) is 0 Å². The van der Waals surface area contributed by atoms with Gasteiger partial charge in [-0.15, -0.1) is 6.58 Å². The van der Waals surface area contributed by atoms with Crippen molar-refractivity contribution in [3.05, 3.63) is 48.0 Å². The summed E-state index contributed by atoms with van der Waals surface area (Å²) in [4.78, 5) is 0. The van der Waals surface area contributed by atoms with E-state index in [-0.39, 0.29) is 6.10 Å². The number of hydrogen-bond acceptors (Lipinski definition) is 1. The maximum absolute atomic E-state index is 9.88. The van der Waals surface area contributed by atoms with Crippen molar-refractivity contribution in [1.29, 1.82) is 0 Å². The lowest BCUT2D eigenvalue weighted by Gasteiger charge is -2.10. The van der Waals surface area contributed by atoms with Gasteiger partial charge in [-0.3, -0.25) is 0 Å². The lowest BCUT2D eigenvalue weighted by molar-refractivity contribution is 0.165. The fourth-order valence-electron chi connectivity index (χ4n) is 1.60. The predicted octanol–water partition coefficient (Wildman–Crippen LogP) is 3.64. The maximum atomic E-state index is 9.88. The van der Waals surface area contributed by atoms with E-state index in [4.69, 9.17) is 0 Å². The van der Waals surface area contributed by atoms with Crippen LogP contribution in [0.25, 0.3) is 0 Å². The van der Waals surface area contributed by atoms with Crippen LogP contribution in [0, 0.1) is 0 Å². The second-order valence-corrected chi connectivity index (χ2v) is 3.83. The zero-order valence-electron chi connectivity index (χ0n) is 9.45. The second kappa shape index (κ2) is 6.41. The third kappa shape index (κ3) is 3.88. The quantitative estimate of drug-likeness (QED) is 0.554. The molecule has 1 atom stereocenters. The zero-order chi connectivity index (χ0) is 11.1. The van der Waals surface area contributed by atoms with E-state index in [9.17, 15) is 5.11 Å². The molecule has 0 heterocycles. The first-order chi connectivity index (χ1) is 7.27. The fourth-order valence-corrected chi connectivity index (χ4v) is 1.60. The van der Waals surface area contributed by atoms with Gasteiger partial charge in [0.15, 0.2) is 0 Å². The summed E-state index contributed by atoms with van der Waals surface area (Å²) in [6.45, 7) is 5.81. The van der Waals surface area contributed by atoms with E-state index >= 15 is 0 Å². The highest BCUT2D eigenvalue weighted by molar-refractivity contribution is 5.24. The van der Waals surface area contributed by atoms with E-state index in [2.05, 4.69) is 25.6 Å². The normalized spacial score (nSPS) is 12.4. The molecular weight excluding hydrogens is 184 g/mol. The van der Waals surface area contributed by atoms with Crippen LogP contribution >= 0.6 is 0 Å². The average Bonchev–Trinajstić information content (AvgIpc) is 2.29. The molecule has 0 bridgehead atoms. The Kier molecular flexibility index (Phi) is 5.13. The predicted molar refractivity (Wildman–Crippen MR) is 64.8 cm³/mol. The molecule has 1 unspecified atom stereocenters. The number of rotatable bonds is 6. The largest absolute Gasteiger partial charge is 0.388 e. The summed E-state index contributed by atoms with van der Waals surface area (Å²) in [7, 11) is 0. The Morgan fingerprint density at radius 3 is 2.53 bits per heavy atom. The fraction of sp³-hybridized carbons (Fsp3) is 0.429. The van der Waals surface area contributed by atoms with Crippen LogP contribution in [-0.2, 0) is 6.42 Å². The van der Waals surface area contributed by atoms with Gasteiger partial charge in [-0.2, -0.15) is 0 Å². The highest BCUT2D eigenvalue weighted by atomic mass is 16.3. The van der Waals surface area contributed by atoms with Crippen molar-refractivity contribution in [2.24, 2.45) is 0 Å². The first-order valence-electron chi connectivity index (χ1n) is 5.65. The number of aryl methyl sites for hydroxylation is 1. The molecule has 0 saturated carbocycles. The molecule has 1 aromatic rings. The van der Waals surface area contributed by atoms with Gasteiger partial charge in [-0.1, -0.05) is 37.3 Å². The molecule has 0 aliphatic carbocycles. The van der Waals surface area contributed by atoms with Crippen LogP contribution in [-0.4, -0.2) is 5.11 Å². The van der Waals surface area contributed by atoms with Crippen LogP contribution in [0.4, 0.5) is 0 Å². The number of aliphatic hydroxyl groups excluding tert-OH is 1. The zero-order valence-corrected chi connectivity index (χ0v) is 9.45. The lowest BCUT2D eigenvalue weighted by Crippen LogP contribution is -1.97. The smallest absolute Gasteiger partial charge is 0.0790 e. The molecule has 1 nitrogen and oxygen atoms in total. The molecule has 1 heteroatoms. The SMILES string of the molecule is C=CCCCC(O)c1ccc(CC)cc1. The second-order valence-electron chi connectivity index (χ2n) is 3.83. The summed E-state index contributed by atoms with van der Waals surface area (Å²) >= 11 is 0. The molecule has 82 valence electrons. The summed E-state index contributed by atoms with van der Waals surface area (Å²) in [5, 5.41) is 9.88. The number of unbranched alkanes of at least 4 members (excludes halogenated alkanes) is 1. The summed E-state index contributed by atoms with van der Waals surface area (Å²) in [6.07, 6.45) is 5.41. The van der Waals surface area contributed by atoms with Gasteiger partial charge in [0.1, 0.15) is 0 Å². The first-order valence-corrected chi connectivity index (χ1v) is 5.65. The van der Waals surface area contributed by atoms with Crippen molar-refractivity contribution in [3.63, 3.8) is 0 Å². The van der Waals surface area contributed by atoms with E-state index in [1.54, 1.807) is 0 Å². The van der Waals surface area contributed by atoms with E-state index in [1.165, 1.54) is 5.56 Å². The third-order valence-electron chi connectivity index (χ3n) is 2.66. The van der Waals surface area contributed by atoms with E-state index in [1.807, 2.05) is 18.2 Å². The summed E-state index contributed by atoms with van der Waals surface area (Å²) in [5.41, 5.74) is 2.34. The molecule has 0 fully saturated rings. The molecule has 15 heavy (non-hydrogen) atoms. The van der Waals surface area contributed by atoms with Crippen LogP contribution < -0.4 is 0 Å². The van der Waals surface area contributed by atoms with Gasteiger partial charge < -0.3 is 5.11 Å². The Balaban J connectivity index is 2.50. The van der Waals surface area contributed by atoms with Gasteiger partial charge >= 0.3 is 0 Å². The van der Waals surface area contributed by atoms with Crippen LogP contribution in [0.2, 0.25) is 0 Å². The molecule has 0 radical (unpaired) electrons. The highest BCUT2D eigenvalue weighted by Crippen LogP contribution is 2.19. The first kappa shape index (κ1) is 12.0. The van der Waals surface area contributed by atoms with Crippen LogP contribution in [0.5, 0.6) is 0 Å². The van der Waals surface area contributed by atoms with Gasteiger partial charge in [-0.25, -0.2) is 0 Å². The van der Waals surface area contributed by atoms with Crippen molar-refractivity contribution >= 4 is 0 Å². The maximum Gasteiger partial charge on any atom is 0.0790 e. The van der Waals surface area contributed by atoms with Crippen LogP contribution in [0.1, 0.15) is 43.4 Å². The van der Waals surface area contributed by atoms with E-state index < -0.39 is 0 Å². The van der Waals surface area contributed by atoms with Crippen molar-refractivity contribution in [2.45, 2.75) is 38.7 Å². The van der Waals surface area contributed by atoms with Gasteiger partial charge in [0.05, 0.1) is 6.10 Å².